The maximum Gasteiger partial charge on any atom is 0.181 e. The molecule has 0 N–H and O–H groups in total. The minimum Gasteiger partial charge on any atom is -0.292 e. The molecule has 3 nitrogen and oxygen atoms in total. The van der Waals surface area contributed by atoms with Crippen molar-refractivity contribution in [1.29, 1.82) is 0 Å². The van der Waals surface area contributed by atoms with E-state index in [9.17, 15) is 4.79 Å². The zero-order valence-corrected chi connectivity index (χ0v) is 10.3. The summed E-state index contributed by atoms with van der Waals surface area (Å²) >= 11 is 0. The Kier molecular flexibility index (Phi) is 2.67. The molecule has 3 rings (SSSR count). The first-order valence-corrected chi connectivity index (χ1v) is 6.14. The molecular formula is C15H14N2O. The van der Waals surface area contributed by atoms with E-state index in [-0.39, 0.29) is 5.78 Å². The van der Waals surface area contributed by atoms with Gasteiger partial charge in [0.2, 0.25) is 0 Å². The van der Waals surface area contributed by atoms with Crippen molar-refractivity contribution in [3.63, 3.8) is 0 Å². The fraction of sp³-hybridized carbons (Fsp3) is 0.267. The summed E-state index contributed by atoms with van der Waals surface area (Å²) in [4.78, 5) is 20.3. The molecule has 0 bridgehead atoms. The fourth-order valence-corrected chi connectivity index (χ4v) is 2.48. The molecule has 90 valence electrons. The summed E-state index contributed by atoms with van der Waals surface area (Å²) < 4.78 is 0. The molecule has 3 heteroatoms. The van der Waals surface area contributed by atoms with Crippen LogP contribution in [0.1, 0.15) is 39.8 Å². The van der Waals surface area contributed by atoms with Crippen LogP contribution in [0.15, 0.2) is 36.5 Å². The van der Waals surface area contributed by atoms with E-state index >= 15 is 0 Å². The van der Waals surface area contributed by atoms with Crippen molar-refractivity contribution in [2.45, 2.75) is 25.7 Å². The molecule has 0 aliphatic heterocycles. The molecular weight excluding hydrogens is 224 g/mol. The Labute approximate surface area is 106 Å². The smallest absolute Gasteiger partial charge is 0.181 e. The number of aromatic nitrogens is 2. The van der Waals surface area contributed by atoms with Gasteiger partial charge >= 0.3 is 0 Å². The summed E-state index contributed by atoms with van der Waals surface area (Å²) in [5, 5.41) is 0. The average Bonchev–Trinajstić information content (AvgIpc) is 2.36. The standard InChI is InChI=1S/C15H14N2O/c1-10-16-7-6-14(17-10)15(18)9-12-8-11-4-2-3-5-13(11)12/h2-7,12H,8-9H2,1H3. The summed E-state index contributed by atoms with van der Waals surface area (Å²) in [6.07, 6.45) is 3.20. The van der Waals surface area contributed by atoms with E-state index in [0.717, 1.165) is 6.42 Å². The number of fused-ring (bicyclic) bond motifs is 1. The van der Waals surface area contributed by atoms with Crippen molar-refractivity contribution < 1.29 is 4.79 Å². The molecule has 1 atom stereocenters. The van der Waals surface area contributed by atoms with Crippen LogP contribution in [-0.4, -0.2) is 15.8 Å². The Balaban J connectivity index is 1.74. The van der Waals surface area contributed by atoms with Crippen molar-refractivity contribution in [2.24, 2.45) is 0 Å². The van der Waals surface area contributed by atoms with Gasteiger partial charge in [-0.15, -0.1) is 0 Å². The van der Waals surface area contributed by atoms with Crippen LogP contribution < -0.4 is 0 Å². The van der Waals surface area contributed by atoms with Crippen molar-refractivity contribution in [1.82, 2.24) is 9.97 Å². The van der Waals surface area contributed by atoms with E-state index in [1.165, 1.54) is 11.1 Å². The van der Waals surface area contributed by atoms with Gasteiger partial charge in [-0.1, -0.05) is 24.3 Å². The number of carbonyl (C=O) groups is 1. The summed E-state index contributed by atoms with van der Waals surface area (Å²) in [5.41, 5.74) is 3.22. The Morgan fingerprint density at radius 3 is 2.94 bits per heavy atom. The second kappa shape index (κ2) is 4.33. The van der Waals surface area contributed by atoms with E-state index in [1.54, 1.807) is 19.2 Å². The molecule has 1 unspecified atom stereocenters. The number of rotatable bonds is 3. The maximum atomic E-state index is 12.1. The lowest BCUT2D eigenvalue weighted by Gasteiger charge is -2.29. The lowest BCUT2D eigenvalue weighted by molar-refractivity contribution is 0.0965. The van der Waals surface area contributed by atoms with Crippen LogP contribution in [0, 0.1) is 6.92 Å². The third-order valence-corrected chi connectivity index (χ3v) is 3.45. The summed E-state index contributed by atoms with van der Waals surface area (Å²) in [7, 11) is 0. The van der Waals surface area contributed by atoms with E-state index in [1.807, 2.05) is 12.1 Å². The molecule has 0 saturated heterocycles. The van der Waals surface area contributed by atoms with E-state index in [4.69, 9.17) is 0 Å². The topological polar surface area (TPSA) is 42.9 Å². The zero-order valence-electron chi connectivity index (χ0n) is 10.3. The van der Waals surface area contributed by atoms with Crippen LogP contribution in [0.3, 0.4) is 0 Å². The SMILES string of the molecule is Cc1nccc(C(=O)CC2Cc3ccccc32)n1. The van der Waals surface area contributed by atoms with Crippen LogP contribution in [0.4, 0.5) is 0 Å². The van der Waals surface area contributed by atoms with Crippen LogP contribution >= 0.6 is 0 Å². The predicted molar refractivity (Wildman–Crippen MR) is 68.6 cm³/mol. The average molecular weight is 238 g/mol. The molecule has 18 heavy (non-hydrogen) atoms. The van der Waals surface area contributed by atoms with Crippen molar-refractivity contribution in [3.05, 3.63) is 59.2 Å². The van der Waals surface area contributed by atoms with Gasteiger partial charge in [0.15, 0.2) is 5.78 Å². The maximum absolute atomic E-state index is 12.1. The highest BCUT2D eigenvalue weighted by molar-refractivity contribution is 5.94. The van der Waals surface area contributed by atoms with Crippen LogP contribution in [0.5, 0.6) is 0 Å². The monoisotopic (exact) mass is 238 g/mol. The number of Topliss-reactive ketones (excluding diaryl/α,β-unsaturated/α-hetero) is 1. The number of hydrogen-bond donors (Lipinski definition) is 0. The molecule has 1 aromatic carbocycles. The fourth-order valence-electron chi connectivity index (χ4n) is 2.48. The van der Waals surface area contributed by atoms with E-state index in [2.05, 4.69) is 22.1 Å². The molecule has 1 aromatic heterocycles. The summed E-state index contributed by atoms with van der Waals surface area (Å²) in [5.74, 6) is 1.12. The molecule has 1 aliphatic rings. The highest BCUT2D eigenvalue weighted by atomic mass is 16.1. The highest BCUT2D eigenvalue weighted by Crippen LogP contribution is 2.37. The van der Waals surface area contributed by atoms with Gasteiger partial charge < -0.3 is 0 Å². The predicted octanol–water partition coefficient (Wildman–Crippen LogP) is 2.70. The first kappa shape index (κ1) is 11.1. The minimum absolute atomic E-state index is 0.111. The molecule has 1 aliphatic carbocycles. The number of nitrogens with zero attached hydrogens (tertiary/aromatic N) is 2. The molecule has 0 fully saturated rings. The number of benzene rings is 1. The number of hydrogen-bond acceptors (Lipinski definition) is 3. The Morgan fingerprint density at radius 1 is 1.33 bits per heavy atom. The number of ketones is 1. The minimum atomic E-state index is 0.111. The van der Waals surface area contributed by atoms with Gasteiger partial charge in [-0.05, 0) is 36.5 Å². The summed E-state index contributed by atoms with van der Waals surface area (Å²) in [6, 6.07) is 10.0. The van der Waals surface area contributed by atoms with Crippen LogP contribution in [0.25, 0.3) is 0 Å². The molecule has 2 aromatic rings. The lowest BCUT2D eigenvalue weighted by atomic mass is 9.75. The molecule has 0 amide bonds. The van der Waals surface area contributed by atoms with Crippen LogP contribution in [-0.2, 0) is 6.42 Å². The molecule has 1 heterocycles. The third kappa shape index (κ3) is 1.92. The van der Waals surface area contributed by atoms with Gasteiger partial charge in [0.25, 0.3) is 0 Å². The van der Waals surface area contributed by atoms with Crippen molar-refractivity contribution in [2.75, 3.05) is 0 Å². The van der Waals surface area contributed by atoms with E-state index < -0.39 is 0 Å². The van der Waals surface area contributed by atoms with Gasteiger partial charge in [0.1, 0.15) is 11.5 Å². The lowest BCUT2D eigenvalue weighted by Crippen LogP contribution is -2.20. The van der Waals surface area contributed by atoms with Gasteiger partial charge in [-0.2, -0.15) is 0 Å². The van der Waals surface area contributed by atoms with Gasteiger partial charge in [0, 0.05) is 12.6 Å². The second-order valence-corrected chi connectivity index (χ2v) is 4.72. The third-order valence-electron chi connectivity index (χ3n) is 3.45. The Bertz CT molecular complexity index is 607. The molecule has 0 radical (unpaired) electrons. The molecule has 0 spiro atoms. The quantitative estimate of drug-likeness (QED) is 0.772. The first-order valence-electron chi connectivity index (χ1n) is 6.14. The van der Waals surface area contributed by atoms with Gasteiger partial charge in [0.05, 0.1) is 0 Å². The summed E-state index contributed by atoms with van der Waals surface area (Å²) in [6.45, 7) is 1.80. The Morgan fingerprint density at radius 2 is 2.17 bits per heavy atom. The highest BCUT2D eigenvalue weighted by Gasteiger charge is 2.28. The first-order chi connectivity index (χ1) is 8.74. The zero-order chi connectivity index (χ0) is 12.5. The number of aryl methyl sites for hydroxylation is 1. The van der Waals surface area contributed by atoms with Gasteiger partial charge in [-0.3, -0.25) is 4.79 Å². The number of carbonyl (C=O) groups excluding carboxylic acids is 1. The Hall–Kier alpha value is -2.03. The van der Waals surface area contributed by atoms with Crippen molar-refractivity contribution >= 4 is 5.78 Å². The normalized spacial score (nSPS) is 16.8. The largest absolute Gasteiger partial charge is 0.292 e. The van der Waals surface area contributed by atoms with Crippen molar-refractivity contribution in [3.8, 4) is 0 Å². The second-order valence-electron chi connectivity index (χ2n) is 4.72. The molecule has 0 saturated carbocycles. The van der Waals surface area contributed by atoms with Crippen LogP contribution in [0.2, 0.25) is 0 Å². The van der Waals surface area contributed by atoms with Gasteiger partial charge in [-0.25, -0.2) is 9.97 Å². The van der Waals surface area contributed by atoms with E-state index in [0.29, 0.717) is 23.9 Å².